The quantitative estimate of drug-likeness (QED) is 0.401. The van der Waals surface area contributed by atoms with Gasteiger partial charge in [-0.15, -0.1) is 6.58 Å². The van der Waals surface area contributed by atoms with Crippen LogP contribution >= 0.6 is 0 Å². The van der Waals surface area contributed by atoms with E-state index in [0.717, 1.165) is 57.8 Å². The Balaban J connectivity index is 1.58. The smallest absolute Gasteiger partial charge is 0.309 e. The molecule has 0 amide bonds. The van der Waals surface area contributed by atoms with Gasteiger partial charge in [-0.25, -0.2) is 0 Å². The van der Waals surface area contributed by atoms with Gasteiger partial charge in [0.25, 0.3) is 0 Å². The van der Waals surface area contributed by atoms with E-state index in [1.807, 2.05) is 6.92 Å². The Morgan fingerprint density at radius 3 is 2.20 bits per heavy atom. The number of hydrogen-bond acceptors (Lipinski definition) is 3. The molecule has 5 rings (SSSR count). The molecule has 198 valence electrons. The van der Waals surface area contributed by atoms with Gasteiger partial charge in [0, 0.05) is 0 Å². The van der Waals surface area contributed by atoms with Crippen LogP contribution < -0.4 is 0 Å². The van der Waals surface area contributed by atoms with E-state index in [4.69, 9.17) is 0 Å². The van der Waals surface area contributed by atoms with Crippen molar-refractivity contribution >= 4 is 5.97 Å². The molecule has 0 aromatic heterocycles. The number of carboxylic acid groups (broad SMARTS) is 1. The fourth-order valence-corrected chi connectivity index (χ4v) is 11.8. The monoisotopic (exact) mass is 486 g/mol. The predicted molar refractivity (Wildman–Crippen MR) is 139 cm³/mol. The number of hydrogen-bond donors (Lipinski definition) is 3. The van der Waals surface area contributed by atoms with Crippen LogP contribution in [0.3, 0.4) is 0 Å². The molecular formula is C31H50O4. The highest BCUT2D eigenvalue weighted by Crippen LogP contribution is 2.77. The summed E-state index contributed by atoms with van der Waals surface area (Å²) in [5, 5.41) is 32.9. The number of rotatable bonds is 3. The Labute approximate surface area is 213 Å². The van der Waals surface area contributed by atoms with Gasteiger partial charge in [0.15, 0.2) is 0 Å². The lowest BCUT2D eigenvalue weighted by molar-refractivity contribution is -0.251. The van der Waals surface area contributed by atoms with Crippen molar-refractivity contribution in [1.82, 2.24) is 0 Å². The average molecular weight is 487 g/mol. The molecule has 4 nitrogen and oxygen atoms in total. The fourth-order valence-electron chi connectivity index (χ4n) is 11.8. The first-order valence-electron chi connectivity index (χ1n) is 14.4. The van der Waals surface area contributed by atoms with E-state index >= 15 is 0 Å². The van der Waals surface area contributed by atoms with Crippen molar-refractivity contribution in [2.45, 2.75) is 117 Å². The average Bonchev–Trinajstić information content (AvgIpc) is 3.19. The maximum absolute atomic E-state index is 12.9. The van der Waals surface area contributed by atoms with Gasteiger partial charge < -0.3 is 15.3 Å². The minimum atomic E-state index is -1.04. The lowest BCUT2D eigenvalue weighted by Gasteiger charge is -2.72. The van der Waals surface area contributed by atoms with Crippen molar-refractivity contribution in [1.29, 1.82) is 0 Å². The van der Waals surface area contributed by atoms with Crippen LogP contribution in [0.25, 0.3) is 0 Å². The molecule has 4 heteroatoms. The van der Waals surface area contributed by atoms with Gasteiger partial charge in [0.2, 0.25) is 0 Å². The minimum Gasteiger partial charge on any atom is -0.481 e. The molecule has 0 aromatic carbocycles. The van der Waals surface area contributed by atoms with Gasteiger partial charge >= 0.3 is 5.97 Å². The van der Waals surface area contributed by atoms with E-state index in [1.54, 1.807) is 6.08 Å². The Bertz CT molecular complexity index is 908. The van der Waals surface area contributed by atoms with E-state index < -0.39 is 17.0 Å². The molecule has 5 fully saturated rings. The van der Waals surface area contributed by atoms with Crippen LogP contribution in [0.15, 0.2) is 12.7 Å². The molecule has 0 saturated heterocycles. The van der Waals surface area contributed by atoms with Crippen LogP contribution in [-0.2, 0) is 4.79 Å². The summed E-state index contributed by atoms with van der Waals surface area (Å²) in [5.41, 5.74) is -1.37. The second-order valence-electron chi connectivity index (χ2n) is 15.1. The van der Waals surface area contributed by atoms with Crippen LogP contribution in [0.2, 0.25) is 0 Å². The molecule has 0 heterocycles. The molecule has 3 N–H and O–H groups in total. The molecule has 0 radical (unpaired) electrons. The van der Waals surface area contributed by atoms with Crippen molar-refractivity contribution in [3.8, 4) is 0 Å². The number of aliphatic hydroxyl groups excluding tert-OH is 1. The Hall–Kier alpha value is -0.870. The van der Waals surface area contributed by atoms with E-state index in [9.17, 15) is 20.1 Å². The summed E-state index contributed by atoms with van der Waals surface area (Å²) >= 11 is 0. The summed E-state index contributed by atoms with van der Waals surface area (Å²) in [7, 11) is 0. The minimum absolute atomic E-state index is 0.000302. The van der Waals surface area contributed by atoms with Crippen molar-refractivity contribution in [3.05, 3.63) is 12.7 Å². The molecule has 0 aliphatic heterocycles. The van der Waals surface area contributed by atoms with E-state index in [-0.39, 0.29) is 39.6 Å². The van der Waals surface area contributed by atoms with Crippen molar-refractivity contribution in [2.75, 3.05) is 0 Å². The van der Waals surface area contributed by atoms with E-state index in [0.29, 0.717) is 24.2 Å². The number of fused-ring (bicyclic) bond motifs is 7. The topological polar surface area (TPSA) is 77.8 Å². The summed E-state index contributed by atoms with van der Waals surface area (Å²) in [4.78, 5) is 12.9. The number of carboxylic acids is 1. The summed E-state index contributed by atoms with van der Waals surface area (Å²) in [6.07, 6.45) is 11.1. The Morgan fingerprint density at radius 2 is 1.57 bits per heavy atom. The summed E-state index contributed by atoms with van der Waals surface area (Å²) in [6.45, 7) is 17.9. The van der Waals surface area contributed by atoms with Gasteiger partial charge in [-0.1, -0.05) is 40.7 Å². The van der Waals surface area contributed by atoms with Gasteiger partial charge in [0.1, 0.15) is 0 Å². The van der Waals surface area contributed by atoms with Crippen LogP contribution in [0.1, 0.15) is 106 Å². The normalized spacial score (nSPS) is 54.4. The summed E-state index contributed by atoms with van der Waals surface area (Å²) < 4.78 is 0. The zero-order valence-corrected chi connectivity index (χ0v) is 23.1. The molecule has 5 unspecified atom stereocenters. The SMILES string of the molecule is C=CC(C)(O)[C@@H]1CC[C@]2(C(=O)O)CC[C@]3(C)C(CCC4[C@@]5(C)CC[C@H](O)C(C)(C)C5CC[C@]43C)C12. The Kier molecular flexibility index (Phi) is 5.59. The first kappa shape index (κ1) is 25.8. The molecule has 0 spiro atoms. The van der Waals surface area contributed by atoms with Crippen LogP contribution in [0.4, 0.5) is 0 Å². The summed E-state index contributed by atoms with van der Waals surface area (Å²) in [6, 6.07) is 0. The predicted octanol–water partition coefficient (Wildman–Crippen LogP) is 6.45. The van der Waals surface area contributed by atoms with Crippen molar-refractivity contribution < 1.29 is 20.1 Å². The van der Waals surface area contributed by atoms with Crippen molar-refractivity contribution in [3.63, 3.8) is 0 Å². The zero-order valence-electron chi connectivity index (χ0n) is 23.1. The zero-order chi connectivity index (χ0) is 25.8. The third kappa shape index (κ3) is 3.02. The van der Waals surface area contributed by atoms with Gasteiger partial charge in [-0.2, -0.15) is 0 Å². The lowest BCUT2D eigenvalue weighted by Crippen LogP contribution is -2.67. The molecule has 5 aliphatic carbocycles. The largest absolute Gasteiger partial charge is 0.481 e. The molecule has 11 atom stereocenters. The first-order valence-corrected chi connectivity index (χ1v) is 14.4. The second kappa shape index (κ2) is 7.59. The molecule has 5 aliphatic rings. The number of aliphatic hydroxyl groups is 2. The third-order valence-corrected chi connectivity index (χ3v) is 14.0. The standard InChI is InChI=1S/C31H50O4/c1-8-30(7,35)20-11-16-31(25(33)34)18-17-28(5)19(24(20)31)9-10-22-27(4)14-13-23(32)26(2,3)21(27)12-15-29(22,28)6/h8,19-24,32,35H,1,9-18H2,2-7H3,(H,33,34)/t19?,20-,21?,22?,23+,24?,27+,28-,29-,30?,31+/m1/s1. The third-order valence-electron chi connectivity index (χ3n) is 14.0. The van der Waals surface area contributed by atoms with E-state index in [2.05, 4.69) is 41.2 Å². The van der Waals surface area contributed by atoms with Crippen LogP contribution in [0, 0.1) is 56.7 Å². The first-order chi connectivity index (χ1) is 16.1. The second-order valence-corrected chi connectivity index (χ2v) is 15.1. The molecular weight excluding hydrogens is 436 g/mol. The fraction of sp³-hybridized carbons (Fsp3) is 0.903. The van der Waals surface area contributed by atoms with Gasteiger partial charge in [-0.3, -0.25) is 4.79 Å². The highest BCUT2D eigenvalue weighted by Gasteiger charge is 2.72. The Morgan fingerprint density at radius 1 is 0.886 bits per heavy atom. The highest BCUT2D eigenvalue weighted by molar-refractivity contribution is 5.76. The highest BCUT2D eigenvalue weighted by atomic mass is 16.4. The van der Waals surface area contributed by atoms with Gasteiger partial charge in [-0.05, 0) is 122 Å². The molecule has 0 aromatic rings. The van der Waals surface area contributed by atoms with Gasteiger partial charge in [0.05, 0.1) is 17.1 Å². The van der Waals surface area contributed by atoms with Crippen molar-refractivity contribution in [2.24, 2.45) is 56.7 Å². The summed E-state index contributed by atoms with van der Waals surface area (Å²) in [5.74, 6) is 0.752. The molecule has 0 bridgehead atoms. The molecule has 5 saturated carbocycles. The van der Waals surface area contributed by atoms with Crippen LogP contribution in [-0.4, -0.2) is 33.0 Å². The maximum Gasteiger partial charge on any atom is 0.309 e. The van der Waals surface area contributed by atoms with E-state index in [1.165, 1.54) is 0 Å². The number of carbonyl (C=O) groups is 1. The van der Waals surface area contributed by atoms with Crippen LogP contribution in [0.5, 0.6) is 0 Å². The number of aliphatic carboxylic acids is 1. The lowest BCUT2D eigenvalue weighted by atomic mass is 9.32. The maximum atomic E-state index is 12.9. The molecule has 35 heavy (non-hydrogen) atoms.